The molecule has 74 valence electrons. The molecule has 2 nitrogen and oxygen atoms in total. The topological polar surface area (TPSA) is 15.3 Å². The Balaban J connectivity index is 2.01. The molecule has 0 aromatic heterocycles. The molecule has 1 aromatic carbocycles. The van der Waals surface area contributed by atoms with Gasteiger partial charge in [0.05, 0.1) is 6.67 Å². The van der Waals surface area contributed by atoms with Gasteiger partial charge in [0, 0.05) is 18.4 Å². The summed E-state index contributed by atoms with van der Waals surface area (Å²) in [4.78, 5) is 2.28. The number of rotatable bonds is 2. The Morgan fingerprint density at radius 1 is 1.21 bits per heavy atom. The van der Waals surface area contributed by atoms with Crippen LogP contribution in [-0.4, -0.2) is 11.6 Å². The maximum Gasteiger partial charge on any atom is 0.0873 e. The van der Waals surface area contributed by atoms with Crippen molar-refractivity contribution in [1.29, 1.82) is 0 Å². The Hall–Kier alpha value is -1.44. The molecule has 14 heavy (non-hydrogen) atoms. The van der Waals surface area contributed by atoms with Crippen molar-refractivity contribution in [3.05, 3.63) is 47.3 Å². The van der Waals surface area contributed by atoms with E-state index in [1.54, 1.807) is 0 Å². The average Bonchev–Trinajstić information content (AvgIpc) is 2.56. The fraction of sp³-hybridized carbons (Fsp3) is 0.333. The number of hydrogen-bond acceptors (Lipinski definition) is 2. The van der Waals surface area contributed by atoms with E-state index < -0.39 is 0 Å². The minimum Gasteiger partial charge on any atom is -0.370 e. The highest BCUT2D eigenvalue weighted by Gasteiger charge is 2.07. The van der Waals surface area contributed by atoms with Crippen molar-refractivity contribution in [3.63, 3.8) is 0 Å². The Labute approximate surface area is 85.2 Å². The van der Waals surface area contributed by atoms with Crippen molar-refractivity contribution in [2.75, 3.05) is 6.67 Å². The molecule has 1 heterocycles. The number of hydrogen-bond donors (Lipinski definition) is 1. The van der Waals surface area contributed by atoms with Crippen molar-refractivity contribution in [3.8, 4) is 0 Å². The lowest BCUT2D eigenvalue weighted by Crippen LogP contribution is -2.20. The highest BCUT2D eigenvalue weighted by molar-refractivity contribution is 5.21. The van der Waals surface area contributed by atoms with Crippen LogP contribution in [0.25, 0.3) is 0 Å². The van der Waals surface area contributed by atoms with E-state index >= 15 is 0 Å². The molecule has 1 aliphatic rings. The second-order valence-corrected chi connectivity index (χ2v) is 3.88. The van der Waals surface area contributed by atoms with Crippen LogP contribution in [0.1, 0.15) is 18.1 Å². The summed E-state index contributed by atoms with van der Waals surface area (Å²) in [7, 11) is 0. The van der Waals surface area contributed by atoms with Gasteiger partial charge in [-0.2, -0.15) is 0 Å². The van der Waals surface area contributed by atoms with E-state index in [-0.39, 0.29) is 0 Å². The van der Waals surface area contributed by atoms with Crippen LogP contribution in [0.4, 0.5) is 0 Å². The fourth-order valence-corrected chi connectivity index (χ4v) is 1.62. The second-order valence-electron chi connectivity index (χ2n) is 3.88. The van der Waals surface area contributed by atoms with E-state index in [0.29, 0.717) is 0 Å². The van der Waals surface area contributed by atoms with E-state index in [9.17, 15) is 0 Å². The Bertz CT molecular complexity index is 338. The van der Waals surface area contributed by atoms with Gasteiger partial charge in [-0.3, -0.25) is 0 Å². The SMILES string of the molecule is CC1=CN(Cc2ccc(C)cc2)CN1. The van der Waals surface area contributed by atoms with E-state index in [1.807, 2.05) is 0 Å². The van der Waals surface area contributed by atoms with E-state index in [0.717, 1.165) is 13.2 Å². The molecule has 1 aromatic rings. The molecule has 0 aliphatic carbocycles. The number of nitrogens with zero attached hydrogens (tertiary/aromatic N) is 1. The van der Waals surface area contributed by atoms with Crippen LogP contribution >= 0.6 is 0 Å². The Kier molecular flexibility index (Phi) is 2.44. The molecule has 0 unspecified atom stereocenters. The van der Waals surface area contributed by atoms with Crippen molar-refractivity contribution in [2.24, 2.45) is 0 Å². The van der Waals surface area contributed by atoms with Gasteiger partial charge in [0.15, 0.2) is 0 Å². The van der Waals surface area contributed by atoms with Gasteiger partial charge in [-0.25, -0.2) is 0 Å². The average molecular weight is 188 g/mol. The Morgan fingerprint density at radius 3 is 2.50 bits per heavy atom. The summed E-state index contributed by atoms with van der Waals surface area (Å²) in [5.74, 6) is 0. The molecule has 1 N–H and O–H groups in total. The highest BCUT2D eigenvalue weighted by Crippen LogP contribution is 2.10. The zero-order chi connectivity index (χ0) is 9.97. The van der Waals surface area contributed by atoms with E-state index in [4.69, 9.17) is 0 Å². The first-order valence-electron chi connectivity index (χ1n) is 4.96. The summed E-state index contributed by atoms with van der Waals surface area (Å²) in [5.41, 5.74) is 3.93. The normalized spacial score (nSPS) is 15.3. The number of allylic oxidation sites excluding steroid dienone is 1. The minimum atomic E-state index is 0.930. The van der Waals surface area contributed by atoms with Gasteiger partial charge in [0.2, 0.25) is 0 Å². The lowest BCUT2D eigenvalue weighted by molar-refractivity contribution is 0.384. The lowest BCUT2D eigenvalue weighted by Gasteiger charge is -2.14. The molecular formula is C12H16N2. The van der Waals surface area contributed by atoms with Gasteiger partial charge in [-0.1, -0.05) is 29.8 Å². The van der Waals surface area contributed by atoms with Crippen molar-refractivity contribution in [2.45, 2.75) is 20.4 Å². The highest BCUT2D eigenvalue weighted by atomic mass is 15.3. The van der Waals surface area contributed by atoms with Crippen LogP contribution in [-0.2, 0) is 6.54 Å². The number of benzene rings is 1. The van der Waals surface area contributed by atoms with Crippen molar-refractivity contribution >= 4 is 0 Å². The van der Waals surface area contributed by atoms with E-state index in [2.05, 4.69) is 54.5 Å². The summed E-state index contributed by atoms with van der Waals surface area (Å²) in [6.45, 7) is 6.13. The van der Waals surface area contributed by atoms with Crippen LogP contribution in [0.5, 0.6) is 0 Å². The smallest absolute Gasteiger partial charge is 0.0873 e. The van der Waals surface area contributed by atoms with Crippen molar-refractivity contribution < 1.29 is 0 Å². The monoisotopic (exact) mass is 188 g/mol. The molecule has 0 saturated heterocycles. The third-order valence-electron chi connectivity index (χ3n) is 2.44. The molecule has 0 amide bonds. The standard InChI is InChI=1S/C12H16N2/c1-10-3-5-12(6-4-10)8-14-7-11(2)13-9-14/h3-7,13H,8-9H2,1-2H3. The summed E-state index contributed by atoms with van der Waals surface area (Å²) >= 11 is 0. The van der Waals surface area contributed by atoms with Gasteiger partial charge in [0.1, 0.15) is 0 Å². The first-order chi connectivity index (χ1) is 6.74. The number of aryl methyl sites for hydroxylation is 1. The molecule has 0 atom stereocenters. The second kappa shape index (κ2) is 3.74. The maximum atomic E-state index is 3.29. The van der Waals surface area contributed by atoms with Gasteiger partial charge in [-0.05, 0) is 19.4 Å². The predicted molar refractivity (Wildman–Crippen MR) is 58.5 cm³/mol. The quantitative estimate of drug-likeness (QED) is 0.765. The van der Waals surface area contributed by atoms with Crippen LogP contribution in [0, 0.1) is 6.92 Å². The molecule has 0 spiro atoms. The summed E-state index contributed by atoms with van der Waals surface area (Å²) in [5, 5.41) is 3.29. The molecule has 0 fully saturated rings. The first kappa shape index (κ1) is 9.13. The van der Waals surface area contributed by atoms with Gasteiger partial charge < -0.3 is 10.2 Å². The summed E-state index contributed by atoms with van der Waals surface area (Å²) < 4.78 is 0. The maximum absolute atomic E-state index is 3.29. The van der Waals surface area contributed by atoms with Crippen LogP contribution in [0.15, 0.2) is 36.2 Å². The minimum absolute atomic E-state index is 0.930. The third-order valence-corrected chi connectivity index (χ3v) is 2.44. The molecule has 2 rings (SSSR count). The van der Waals surface area contributed by atoms with Gasteiger partial charge in [-0.15, -0.1) is 0 Å². The zero-order valence-electron chi connectivity index (χ0n) is 8.75. The molecule has 0 saturated carbocycles. The molecule has 2 heteroatoms. The summed E-state index contributed by atoms with van der Waals surface area (Å²) in [6, 6.07) is 8.71. The molecular weight excluding hydrogens is 172 g/mol. The molecule has 0 radical (unpaired) electrons. The van der Waals surface area contributed by atoms with Crippen molar-refractivity contribution in [1.82, 2.24) is 10.2 Å². The van der Waals surface area contributed by atoms with E-state index in [1.165, 1.54) is 16.8 Å². The van der Waals surface area contributed by atoms with Gasteiger partial charge in [0.25, 0.3) is 0 Å². The van der Waals surface area contributed by atoms with Crippen LogP contribution < -0.4 is 5.32 Å². The number of nitrogens with one attached hydrogen (secondary N) is 1. The third kappa shape index (κ3) is 2.08. The molecule has 0 bridgehead atoms. The zero-order valence-corrected chi connectivity index (χ0v) is 8.75. The van der Waals surface area contributed by atoms with Gasteiger partial charge >= 0.3 is 0 Å². The largest absolute Gasteiger partial charge is 0.370 e. The first-order valence-corrected chi connectivity index (χ1v) is 4.96. The fourth-order valence-electron chi connectivity index (χ4n) is 1.62. The summed E-state index contributed by atoms with van der Waals surface area (Å²) in [6.07, 6.45) is 2.17. The Morgan fingerprint density at radius 2 is 1.93 bits per heavy atom. The lowest BCUT2D eigenvalue weighted by atomic mass is 10.1. The predicted octanol–water partition coefficient (Wildman–Crippen LogP) is 2.22. The van der Waals surface area contributed by atoms with Crippen LogP contribution in [0.3, 0.4) is 0 Å². The molecule has 1 aliphatic heterocycles. The van der Waals surface area contributed by atoms with Crippen LogP contribution in [0.2, 0.25) is 0 Å².